The van der Waals surface area contributed by atoms with Crippen LogP contribution in [0.5, 0.6) is 0 Å². The average Bonchev–Trinajstić information content (AvgIpc) is 2.59. The summed E-state index contributed by atoms with van der Waals surface area (Å²) in [5.74, 6) is -0.241. The molecule has 0 aliphatic carbocycles. The van der Waals surface area contributed by atoms with E-state index in [1.807, 2.05) is 32.0 Å². The number of nitrogens with zero attached hydrogens (tertiary/aromatic N) is 1. The standard InChI is InChI=1S/C13H15BrN2O2/c1-3-16-12(17)7-11(13(16)18)15-10-6-9(14)5-4-8(10)2/h4-6,11,15H,3,7H2,1-2H3. The molecule has 2 rings (SSSR count). The predicted molar refractivity (Wildman–Crippen MR) is 73.3 cm³/mol. The van der Waals surface area contributed by atoms with Gasteiger partial charge >= 0.3 is 0 Å². The van der Waals surface area contributed by atoms with Crippen LogP contribution in [0.4, 0.5) is 5.69 Å². The molecule has 0 radical (unpaired) electrons. The quantitative estimate of drug-likeness (QED) is 0.872. The lowest BCUT2D eigenvalue weighted by atomic mass is 10.1. The highest BCUT2D eigenvalue weighted by Gasteiger charge is 2.37. The Morgan fingerprint density at radius 3 is 2.78 bits per heavy atom. The lowest BCUT2D eigenvalue weighted by molar-refractivity contribution is -0.138. The van der Waals surface area contributed by atoms with Crippen LogP contribution >= 0.6 is 15.9 Å². The molecule has 96 valence electrons. The Morgan fingerprint density at radius 1 is 1.44 bits per heavy atom. The zero-order valence-electron chi connectivity index (χ0n) is 10.4. The Bertz CT molecular complexity index is 502. The first-order valence-corrected chi connectivity index (χ1v) is 6.69. The van der Waals surface area contributed by atoms with E-state index in [1.165, 1.54) is 4.90 Å². The van der Waals surface area contributed by atoms with Crippen molar-refractivity contribution < 1.29 is 9.59 Å². The fraction of sp³-hybridized carbons (Fsp3) is 0.385. The second-order valence-corrected chi connectivity index (χ2v) is 5.25. The summed E-state index contributed by atoms with van der Waals surface area (Å²) < 4.78 is 0.944. The number of hydrogen-bond acceptors (Lipinski definition) is 3. The van der Waals surface area contributed by atoms with Crippen molar-refractivity contribution in [3.8, 4) is 0 Å². The van der Waals surface area contributed by atoms with E-state index >= 15 is 0 Å². The van der Waals surface area contributed by atoms with Crippen molar-refractivity contribution >= 4 is 33.4 Å². The third-order valence-electron chi connectivity index (χ3n) is 3.09. The summed E-state index contributed by atoms with van der Waals surface area (Å²) in [6, 6.07) is 5.39. The SMILES string of the molecule is CCN1C(=O)CC(Nc2cc(Br)ccc2C)C1=O. The van der Waals surface area contributed by atoms with Gasteiger partial charge in [0.15, 0.2) is 0 Å². The van der Waals surface area contributed by atoms with Gasteiger partial charge in [0.25, 0.3) is 5.91 Å². The number of rotatable bonds is 3. The van der Waals surface area contributed by atoms with Gasteiger partial charge in [-0.1, -0.05) is 22.0 Å². The molecule has 1 aromatic carbocycles. The van der Waals surface area contributed by atoms with E-state index in [9.17, 15) is 9.59 Å². The van der Waals surface area contributed by atoms with Crippen molar-refractivity contribution in [2.24, 2.45) is 0 Å². The minimum absolute atomic E-state index is 0.104. The third-order valence-corrected chi connectivity index (χ3v) is 3.58. The van der Waals surface area contributed by atoms with Crippen LogP contribution < -0.4 is 5.32 Å². The Balaban J connectivity index is 2.18. The molecule has 1 atom stereocenters. The van der Waals surface area contributed by atoms with E-state index < -0.39 is 6.04 Å². The fourth-order valence-electron chi connectivity index (χ4n) is 2.07. The maximum absolute atomic E-state index is 12.0. The monoisotopic (exact) mass is 310 g/mol. The Hall–Kier alpha value is -1.36. The number of aryl methyl sites for hydroxylation is 1. The summed E-state index contributed by atoms with van der Waals surface area (Å²) >= 11 is 3.40. The number of benzene rings is 1. The Morgan fingerprint density at radius 2 is 2.17 bits per heavy atom. The van der Waals surface area contributed by atoms with E-state index in [-0.39, 0.29) is 18.2 Å². The molecule has 1 aliphatic heterocycles. The highest BCUT2D eigenvalue weighted by molar-refractivity contribution is 9.10. The van der Waals surface area contributed by atoms with Crippen molar-refractivity contribution in [2.45, 2.75) is 26.3 Å². The number of carbonyl (C=O) groups excluding carboxylic acids is 2. The normalized spacial score (nSPS) is 19.5. The van der Waals surface area contributed by atoms with Crippen molar-refractivity contribution in [3.05, 3.63) is 28.2 Å². The van der Waals surface area contributed by atoms with Gasteiger partial charge in [-0.3, -0.25) is 14.5 Å². The van der Waals surface area contributed by atoms with Crippen LogP contribution in [0.2, 0.25) is 0 Å². The fourth-order valence-corrected chi connectivity index (χ4v) is 2.43. The highest BCUT2D eigenvalue weighted by Crippen LogP contribution is 2.24. The van der Waals surface area contributed by atoms with Gasteiger partial charge < -0.3 is 5.32 Å². The molecule has 1 saturated heterocycles. The lowest BCUT2D eigenvalue weighted by Gasteiger charge is -2.15. The number of hydrogen-bond donors (Lipinski definition) is 1. The highest BCUT2D eigenvalue weighted by atomic mass is 79.9. The van der Waals surface area contributed by atoms with E-state index in [4.69, 9.17) is 0 Å². The molecule has 1 aromatic rings. The van der Waals surface area contributed by atoms with Crippen LogP contribution in [0.25, 0.3) is 0 Å². The molecule has 5 heteroatoms. The third kappa shape index (κ3) is 2.41. The number of nitrogens with one attached hydrogen (secondary N) is 1. The minimum Gasteiger partial charge on any atom is -0.373 e. The van der Waals surface area contributed by atoms with Gasteiger partial charge in [0.2, 0.25) is 5.91 Å². The summed E-state index contributed by atoms with van der Waals surface area (Å²) in [5, 5.41) is 3.15. The van der Waals surface area contributed by atoms with Crippen molar-refractivity contribution in [3.63, 3.8) is 0 Å². The second kappa shape index (κ2) is 5.10. The zero-order valence-corrected chi connectivity index (χ0v) is 12.0. The number of amides is 2. The number of likely N-dealkylation sites (tertiary alicyclic amines) is 1. The molecule has 1 N–H and O–H groups in total. The second-order valence-electron chi connectivity index (χ2n) is 4.34. The van der Waals surface area contributed by atoms with Crippen LogP contribution in [-0.4, -0.2) is 29.3 Å². The molecule has 1 unspecified atom stereocenters. The molecule has 0 saturated carbocycles. The van der Waals surface area contributed by atoms with Gasteiger partial charge in [-0.2, -0.15) is 0 Å². The molecule has 0 spiro atoms. The largest absolute Gasteiger partial charge is 0.373 e. The molecule has 4 nitrogen and oxygen atoms in total. The first-order valence-electron chi connectivity index (χ1n) is 5.89. The Labute approximate surface area is 114 Å². The summed E-state index contributed by atoms with van der Waals surface area (Å²) in [4.78, 5) is 24.9. The number of halogens is 1. The van der Waals surface area contributed by atoms with Gasteiger partial charge in [-0.05, 0) is 31.5 Å². The van der Waals surface area contributed by atoms with E-state index in [2.05, 4.69) is 21.2 Å². The number of likely N-dealkylation sites (N-methyl/N-ethyl adjacent to an activating group) is 1. The molecule has 1 aliphatic rings. The van der Waals surface area contributed by atoms with Crippen LogP contribution in [0.15, 0.2) is 22.7 Å². The number of imide groups is 1. The number of carbonyl (C=O) groups is 2. The maximum Gasteiger partial charge on any atom is 0.252 e. The van der Waals surface area contributed by atoms with Crippen LogP contribution in [0.3, 0.4) is 0 Å². The van der Waals surface area contributed by atoms with E-state index in [0.29, 0.717) is 6.54 Å². The summed E-state index contributed by atoms with van der Waals surface area (Å²) in [7, 11) is 0. The molecule has 0 aromatic heterocycles. The molecule has 2 amide bonds. The van der Waals surface area contributed by atoms with Crippen molar-refractivity contribution in [1.82, 2.24) is 4.90 Å². The molecule has 1 fully saturated rings. The lowest BCUT2D eigenvalue weighted by Crippen LogP contribution is -2.34. The zero-order chi connectivity index (χ0) is 13.3. The number of anilines is 1. The average molecular weight is 311 g/mol. The van der Waals surface area contributed by atoms with E-state index in [0.717, 1.165) is 15.7 Å². The van der Waals surface area contributed by atoms with Crippen LogP contribution in [-0.2, 0) is 9.59 Å². The van der Waals surface area contributed by atoms with Gasteiger partial charge in [0.1, 0.15) is 6.04 Å². The van der Waals surface area contributed by atoms with Gasteiger partial charge in [0.05, 0.1) is 6.42 Å². The van der Waals surface area contributed by atoms with Crippen molar-refractivity contribution in [2.75, 3.05) is 11.9 Å². The topological polar surface area (TPSA) is 49.4 Å². The summed E-state index contributed by atoms with van der Waals surface area (Å²) in [6.45, 7) is 4.21. The molecule has 0 bridgehead atoms. The predicted octanol–water partition coefficient (Wildman–Crippen LogP) is 2.32. The molecule has 18 heavy (non-hydrogen) atoms. The van der Waals surface area contributed by atoms with Crippen LogP contribution in [0.1, 0.15) is 18.9 Å². The Kier molecular flexibility index (Phi) is 3.71. The van der Waals surface area contributed by atoms with Crippen molar-refractivity contribution in [1.29, 1.82) is 0 Å². The smallest absolute Gasteiger partial charge is 0.252 e. The summed E-state index contributed by atoms with van der Waals surface area (Å²) in [6.07, 6.45) is 0.235. The van der Waals surface area contributed by atoms with Gasteiger partial charge in [-0.15, -0.1) is 0 Å². The molecular weight excluding hydrogens is 296 g/mol. The molecule has 1 heterocycles. The van der Waals surface area contributed by atoms with E-state index in [1.54, 1.807) is 0 Å². The first-order chi connectivity index (χ1) is 8.52. The summed E-state index contributed by atoms with van der Waals surface area (Å²) in [5.41, 5.74) is 1.93. The first kappa shape index (κ1) is 13.1. The van der Waals surface area contributed by atoms with Crippen LogP contribution in [0, 0.1) is 6.92 Å². The molecular formula is C13H15BrN2O2. The minimum atomic E-state index is -0.439. The maximum atomic E-state index is 12.0. The van der Waals surface area contributed by atoms with Gasteiger partial charge in [-0.25, -0.2) is 0 Å². The van der Waals surface area contributed by atoms with Gasteiger partial charge in [0, 0.05) is 16.7 Å².